The van der Waals surface area contributed by atoms with E-state index < -0.39 is 0 Å². The van der Waals surface area contributed by atoms with Crippen molar-refractivity contribution >= 4 is 17.2 Å². The molecule has 3 rings (SSSR count). The van der Waals surface area contributed by atoms with E-state index in [2.05, 4.69) is 21.9 Å². The van der Waals surface area contributed by atoms with Gasteiger partial charge in [0.1, 0.15) is 5.69 Å². The first kappa shape index (κ1) is 13.4. The van der Waals surface area contributed by atoms with Gasteiger partial charge in [0.25, 0.3) is 0 Å². The van der Waals surface area contributed by atoms with Crippen molar-refractivity contribution in [2.45, 2.75) is 32.2 Å². The Balaban J connectivity index is 1.48. The fourth-order valence-electron chi connectivity index (χ4n) is 2.67. The average molecular weight is 289 g/mol. The van der Waals surface area contributed by atoms with Crippen LogP contribution in [0.3, 0.4) is 0 Å². The van der Waals surface area contributed by atoms with E-state index in [0.717, 1.165) is 25.1 Å². The van der Waals surface area contributed by atoms with E-state index in [-0.39, 0.29) is 11.8 Å². The lowest BCUT2D eigenvalue weighted by molar-refractivity contribution is -0.124. The SMILES string of the molecule is O=C(NCCn1ccc(-c2cccs2)n1)C1CCCC1. The summed E-state index contributed by atoms with van der Waals surface area (Å²) in [7, 11) is 0. The summed E-state index contributed by atoms with van der Waals surface area (Å²) in [4.78, 5) is 13.1. The first-order chi connectivity index (χ1) is 9.83. The molecule has 20 heavy (non-hydrogen) atoms. The van der Waals surface area contributed by atoms with E-state index in [1.807, 2.05) is 23.0 Å². The van der Waals surface area contributed by atoms with E-state index in [4.69, 9.17) is 0 Å². The van der Waals surface area contributed by atoms with Crippen LogP contribution in [0.25, 0.3) is 10.6 Å². The molecule has 5 heteroatoms. The van der Waals surface area contributed by atoms with Crippen molar-refractivity contribution in [2.24, 2.45) is 5.92 Å². The molecule has 106 valence electrons. The molecule has 1 fully saturated rings. The van der Waals surface area contributed by atoms with E-state index >= 15 is 0 Å². The smallest absolute Gasteiger partial charge is 0.223 e. The normalized spacial score (nSPS) is 15.6. The molecule has 2 aromatic heterocycles. The summed E-state index contributed by atoms with van der Waals surface area (Å²) in [6, 6.07) is 6.12. The molecule has 0 saturated heterocycles. The van der Waals surface area contributed by atoms with Gasteiger partial charge in [0, 0.05) is 18.7 Å². The molecule has 2 heterocycles. The summed E-state index contributed by atoms with van der Waals surface area (Å²) < 4.78 is 1.89. The number of hydrogen-bond donors (Lipinski definition) is 1. The van der Waals surface area contributed by atoms with Crippen LogP contribution < -0.4 is 5.32 Å². The molecule has 1 N–H and O–H groups in total. The lowest BCUT2D eigenvalue weighted by atomic mass is 10.1. The van der Waals surface area contributed by atoms with Gasteiger partial charge >= 0.3 is 0 Å². The van der Waals surface area contributed by atoms with Crippen LogP contribution in [-0.2, 0) is 11.3 Å². The highest BCUT2D eigenvalue weighted by Crippen LogP contribution is 2.24. The van der Waals surface area contributed by atoms with Gasteiger partial charge in [0.05, 0.1) is 11.4 Å². The van der Waals surface area contributed by atoms with Gasteiger partial charge in [-0.2, -0.15) is 5.10 Å². The Morgan fingerprint density at radius 1 is 1.40 bits per heavy atom. The third-order valence-electron chi connectivity index (χ3n) is 3.78. The number of aromatic nitrogens is 2. The molecule has 1 saturated carbocycles. The van der Waals surface area contributed by atoms with Crippen molar-refractivity contribution in [1.29, 1.82) is 0 Å². The van der Waals surface area contributed by atoms with Crippen LogP contribution >= 0.6 is 11.3 Å². The van der Waals surface area contributed by atoms with Crippen LogP contribution in [-0.4, -0.2) is 22.2 Å². The molecule has 0 spiro atoms. The number of carbonyl (C=O) groups is 1. The summed E-state index contributed by atoms with van der Waals surface area (Å²) >= 11 is 1.69. The molecule has 0 bridgehead atoms. The Kier molecular flexibility index (Phi) is 4.16. The second-order valence-electron chi connectivity index (χ2n) is 5.21. The molecule has 0 unspecified atom stereocenters. The Morgan fingerprint density at radius 2 is 2.25 bits per heavy atom. The largest absolute Gasteiger partial charge is 0.354 e. The fourth-order valence-corrected chi connectivity index (χ4v) is 3.36. The van der Waals surface area contributed by atoms with Crippen LogP contribution in [0.5, 0.6) is 0 Å². The van der Waals surface area contributed by atoms with Crippen LogP contribution in [0.1, 0.15) is 25.7 Å². The van der Waals surface area contributed by atoms with E-state index in [1.165, 1.54) is 17.7 Å². The number of nitrogens with zero attached hydrogens (tertiary/aromatic N) is 2. The summed E-state index contributed by atoms with van der Waals surface area (Å²) in [5, 5.41) is 9.59. The van der Waals surface area contributed by atoms with E-state index in [1.54, 1.807) is 11.3 Å². The second kappa shape index (κ2) is 6.22. The van der Waals surface area contributed by atoms with Gasteiger partial charge in [-0.05, 0) is 30.4 Å². The van der Waals surface area contributed by atoms with Crippen LogP contribution in [0.15, 0.2) is 29.8 Å². The van der Waals surface area contributed by atoms with Crippen LogP contribution in [0, 0.1) is 5.92 Å². The van der Waals surface area contributed by atoms with Crippen molar-refractivity contribution < 1.29 is 4.79 Å². The maximum Gasteiger partial charge on any atom is 0.223 e. The quantitative estimate of drug-likeness (QED) is 0.920. The molecule has 0 aliphatic heterocycles. The number of hydrogen-bond acceptors (Lipinski definition) is 3. The topological polar surface area (TPSA) is 46.9 Å². The first-order valence-electron chi connectivity index (χ1n) is 7.18. The zero-order chi connectivity index (χ0) is 13.8. The van der Waals surface area contributed by atoms with Gasteiger partial charge in [-0.1, -0.05) is 18.9 Å². The van der Waals surface area contributed by atoms with E-state index in [9.17, 15) is 4.79 Å². The highest BCUT2D eigenvalue weighted by Gasteiger charge is 2.21. The summed E-state index contributed by atoms with van der Waals surface area (Å²) in [5.41, 5.74) is 1.00. The number of nitrogens with one attached hydrogen (secondary N) is 1. The minimum Gasteiger partial charge on any atom is -0.354 e. The molecule has 0 radical (unpaired) electrons. The molecule has 4 nitrogen and oxygen atoms in total. The van der Waals surface area contributed by atoms with Gasteiger partial charge in [-0.3, -0.25) is 9.48 Å². The number of rotatable bonds is 5. The van der Waals surface area contributed by atoms with Gasteiger partial charge in [0.15, 0.2) is 0 Å². The van der Waals surface area contributed by atoms with Crippen molar-refractivity contribution in [3.63, 3.8) is 0 Å². The Bertz CT molecular complexity index is 555. The predicted molar refractivity (Wildman–Crippen MR) is 80.5 cm³/mol. The summed E-state index contributed by atoms with van der Waals surface area (Å²) in [6.07, 6.45) is 6.46. The maximum atomic E-state index is 11.9. The van der Waals surface area contributed by atoms with Crippen LogP contribution in [0.4, 0.5) is 0 Å². The van der Waals surface area contributed by atoms with Gasteiger partial charge in [0.2, 0.25) is 5.91 Å². The highest BCUT2D eigenvalue weighted by atomic mass is 32.1. The fraction of sp³-hybridized carbons (Fsp3) is 0.467. The molecule has 0 atom stereocenters. The zero-order valence-electron chi connectivity index (χ0n) is 11.4. The standard InChI is InChI=1S/C15H19N3OS/c19-15(12-4-1-2-5-12)16-8-10-18-9-7-13(17-18)14-6-3-11-20-14/h3,6-7,9,11-12H,1-2,4-5,8,10H2,(H,16,19). The predicted octanol–water partition coefficient (Wildman–Crippen LogP) is 2.92. The third-order valence-corrected chi connectivity index (χ3v) is 4.67. The van der Waals surface area contributed by atoms with Crippen molar-refractivity contribution in [3.05, 3.63) is 29.8 Å². The van der Waals surface area contributed by atoms with Crippen molar-refractivity contribution in [2.75, 3.05) is 6.54 Å². The highest BCUT2D eigenvalue weighted by molar-refractivity contribution is 7.13. The molecular weight excluding hydrogens is 270 g/mol. The minimum absolute atomic E-state index is 0.216. The summed E-state index contributed by atoms with van der Waals surface area (Å²) in [6.45, 7) is 1.38. The van der Waals surface area contributed by atoms with Gasteiger partial charge < -0.3 is 5.32 Å². The zero-order valence-corrected chi connectivity index (χ0v) is 12.2. The Morgan fingerprint density at radius 3 is 3.00 bits per heavy atom. The number of carbonyl (C=O) groups excluding carboxylic acids is 1. The summed E-state index contributed by atoms with van der Waals surface area (Å²) in [5.74, 6) is 0.461. The minimum atomic E-state index is 0.216. The Labute approximate surface area is 122 Å². The molecule has 2 aromatic rings. The van der Waals surface area contributed by atoms with Gasteiger partial charge in [-0.15, -0.1) is 11.3 Å². The van der Waals surface area contributed by atoms with Gasteiger partial charge in [-0.25, -0.2) is 0 Å². The van der Waals surface area contributed by atoms with E-state index in [0.29, 0.717) is 6.54 Å². The number of thiophene rings is 1. The average Bonchev–Trinajstić information content (AvgIpc) is 3.20. The molecule has 1 aliphatic carbocycles. The van der Waals surface area contributed by atoms with Crippen molar-refractivity contribution in [1.82, 2.24) is 15.1 Å². The first-order valence-corrected chi connectivity index (χ1v) is 8.06. The number of amides is 1. The second-order valence-corrected chi connectivity index (χ2v) is 6.16. The third kappa shape index (κ3) is 3.10. The Hall–Kier alpha value is -1.62. The van der Waals surface area contributed by atoms with Crippen LogP contribution in [0.2, 0.25) is 0 Å². The van der Waals surface area contributed by atoms with Crippen molar-refractivity contribution in [3.8, 4) is 10.6 Å². The maximum absolute atomic E-state index is 11.9. The lowest BCUT2D eigenvalue weighted by Gasteiger charge is -2.10. The monoisotopic (exact) mass is 289 g/mol. The molecule has 1 amide bonds. The lowest BCUT2D eigenvalue weighted by Crippen LogP contribution is -2.32. The molecule has 0 aromatic carbocycles. The molecule has 1 aliphatic rings. The molecular formula is C15H19N3OS.